The molecule has 0 aromatic rings. The van der Waals surface area contributed by atoms with Crippen molar-refractivity contribution in [1.82, 2.24) is 0 Å². The van der Waals surface area contributed by atoms with E-state index in [0.29, 0.717) is 19.4 Å². The molecule has 0 aliphatic carbocycles. The molecule has 5 N–H and O–H groups in total. The predicted molar refractivity (Wildman–Crippen MR) is 59.9 cm³/mol. The number of nitrogens with zero attached hydrogens (tertiary/aromatic N) is 1. The van der Waals surface area contributed by atoms with E-state index < -0.39 is 13.9 Å². The van der Waals surface area contributed by atoms with Crippen LogP contribution in [-0.4, -0.2) is 40.5 Å². The molecule has 0 aromatic heterocycles. The highest BCUT2D eigenvalue weighted by molar-refractivity contribution is 7.46. The minimum atomic E-state index is -4.48. The average molecular weight is 254 g/mol. The van der Waals surface area contributed by atoms with Gasteiger partial charge >= 0.3 is 7.82 Å². The fourth-order valence-electron chi connectivity index (χ4n) is 1.08. The summed E-state index contributed by atoms with van der Waals surface area (Å²) in [5.74, 6) is 0.254. The molecule has 8 heteroatoms. The summed E-state index contributed by atoms with van der Waals surface area (Å²) in [4.78, 5) is 20.7. The van der Waals surface area contributed by atoms with Gasteiger partial charge in [-0.1, -0.05) is 6.92 Å². The molecule has 0 aromatic carbocycles. The Morgan fingerprint density at radius 1 is 1.50 bits per heavy atom. The third-order valence-electron chi connectivity index (χ3n) is 1.95. The van der Waals surface area contributed by atoms with Crippen LogP contribution >= 0.6 is 7.82 Å². The van der Waals surface area contributed by atoms with Crippen LogP contribution in [0, 0.1) is 5.92 Å². The van der Waals surface area contributed by atoms with Gasteiger partial charge in [0.15, 0.2) is 0 Å². The smallest absolute Gasteiger partial charge is 0.391 e. The number of hydrogen-bond acceptors (Lipinski definition) is 4. The maximum absolute atomic E-state index is 10.3. The third kappa shape index (κ3) is 10.1. The summed E-state index contributed by atoms with van der Waals surface area (Å²) in [5, 5.41) is 9.36. The lowest BCUT2D eigenvalue weighted by Crippen LogP contribution is -2.16. The topological polar surface area (TPSA) is 125 Å². The van der Waals surface area contributed by atoms with E-state index in [2.05, 4.69) is 9.52 Å². The Balaban J connectivity index is 3.64. The van der Waals surface area contributed by atoms with Crippen molar-refractivity contribution >= 4 is 14.2 Å². The van der Waals surface area contributed by atoms with Crippen LogP contribution < -0.4 is 5.73 Å². The van der Waals surface area contributed by atoms with Gasteiger partial charge in [-0.15, -0.1) is 0 Å². The van der Waals surface area contributed by atoms with E-state index in [1.54, 1.807) is 0 Å². The average Bonchev–Trinajstić information content (AvgIpc) is 2.19. The van der Waals surface area contributed by atoms with E-state index >= 15 is 0 Å². The summed E-state index contributed by atoms with van der Waals surface area (Å²) in [6, 6.07) is 0. The number of aliphatic hydroxyl groups excluding tert-OH is 1. The number of rotatable bonds is 8. The molecule has 0 bridgehead atoms. The molecule has 0 radical (unpaired) electrons. The van der Waals surface area contributed by atoms with Crippen molar-refractivity contribution in [3.8, 4) is 0 Å². The normalized spacial score (nSPS) is 16.5. The van der Waals surface area contributed by atoms with Crippen molar-refractivity contribution < 1.29 is 24.0 Å². The highest BCUT2D eigenvalue weighted by Gasteiger charge is 2.17. The molecule has 1 unspecified atom stereocenters. The molecule has 7 nitrogen and oxygen atoms in total. The summed E-state index contributed by atoms with van der Waals surface area (Å²) in [6.45, 7) is 2.16. The van der Waals surface area contributed by atoms with E-state index in [4.69, 9.17) is 15.5 Å². The number of phosphoric acid groups is 1. The fourth-order valence-corrected chi connectivity index (χ4v) is 1.44. The number of phosphoric ester groups is 1. The Kier molecular flexibility index (Phi) is 7.53. The van der Waals surface area contributed by atoms with Gasteiger partial charge in [-0.25, -0.2) is 4.57 Å². The number of aliphatic imine (C=N–C) groups is 1. The van der Waals surface area contributed by atoms with Crippen molar-refractivity contribution in [2.24, 2.45) is 16.6 Å². The molecule has 0 amide bonds. The van der Waals surface area contributed by atoms with Gasteiger partial charge in [0.2, 0.25) is 0 Å². The monoisotopic (exact) mass is 254 g/mol. The number of nitrogens with two attached hydrogens (primary N) is 1. The van der Waals surface area contributed by atoms with Gasteiger partial charge in [-0.05, 0) is 18.8 Å². The second-order valence-electron chi connectivity index (χ2n) is 3.64. The zero-order valence-electron chi connectivity index (χ0n) is 9.19. The zero-order chi connectivity index (χ0) is 12.6. The maximum atomic E-state index is 10.3. The van der Waals surface area contributed by atoms with Crippen LogP contribution in [-0.2, 0) is 9.09 Å². The molecule has 0 heterocycles. The number of aliphatic hydroxyl groups is 1. The van der Waals surface area contributed by atoms with Crippen LogP contribution in [0.15, 0.2) is 4.99 Å². The lowest BCUT2D eigenvalue weighted by Gasteiger charge is -2.13. The van der Waals surface area contributed by atoms with Crippen molar-refractivity contribution in [3.63, 3.8) is 0 Å². The standard InChI is InChI=1S/C8H19N2O5P/c1-7(4-10-6-9)2-3-8(11)5-15-16(12,13)14/h6-8,11H,2-5H2,1H3,(H2,9,10)(H2,12,13,14)/t7?,8-/m0/s1. The first-order chi connectivity index (χ1) is 7.35. The second kappa shape index (κ2) is 7.76. The molecule has 0 fully saturated rings. The largest absolute Gasteiger partial charge is 0.469 e. The van der Waals surface area contributed by atoms with E-state index in [1.165, 1.54) is 6.34 Å². The van der Waals surface area contributed by atoms with E-state index in [-0.39, 0.29) is 12.5 Å². The maximum Gasteiger partial charge on any atom is 0.469 e. The summed E-state index contributed by atoms with van der Waals surface area (Å²) >= 11 is 0. The fraction of sp³-hybridized carbons (Fsp3) is 0.875. The van der Waals surface area contributed by atoms with Gasteiger partial charge in [0, 0.05) is 6.54 Å². The number of hydrogen-bond donors (Lipinski definition) is 4. The molecule has 16 heavy (non-hydrogen) atoms. The first kappa shape index (κ1) is 15.5. The lowest BCUT2D eigenvalue weighted by molar-refractivity contribution is 0.0753. The van der Waals surface area contributed by atoms with Gasteiger partial charge in [0.1, 0.15) is 0 Å². The Hall–Kier alpha value is -0.460. The second-order valence-corrected chi connectivity index (χ2v) is 4.88. The molecule has 2 atom stereocenters. The molecule has 0 aliphatic heterocycles. The van der Waals surface area contributed by atoms with E-state index in [0.717, 1.165) is 0 Å². The Labute approximate surface area is 94.6 Å². The van der Waals surface area contributed by atoms with E-state index in [1.807, 2.05) is 6.92 Å². The van der Waals surface area contributed by atoms with Crippen LogP contribution in [0.1, 0.15) is 19.8 Å². The molecule has 0 aliphatic rings. The molecule has 0 spiro atoms. The molecule has 96 valence electrons. The zero-order valence-corrected chi connectivity index (χ0v) is 10.1. The van der Waals surface area contributed by atoms with E-state index in [9.17, 15) is 9.67 Å². The van der Waals surface area contributed by atoms with Gasteiger partial charge in [0.25, 0.3) is 0 Å². The minimum absolute atomic E-state index is 0.254. The molecular formula is C8H19N2O5P. The first-order valence-corrected chi connectivity index (χ1v) is 6.46. The van der Waals surface area contributed by atoms with Crippen molar-refractivity contribution in [1.29, 1.82) is 0 Å². The van der Waals surface area contributed by atoms with Crippen molar-refractivity contribution in [3.05, 3.63) is 0 Å². The van der Waals surface area contributed by atoms with Crippen LogP contribution in [0.3, 0.4) is 0 Å². The van der Waals surface area contributed by atoms with Gasteiger partial charge in [-0.2, -0.15) is 0 Å². The first-order valence-electron chi connectivity index (χ1n) is 4.93. The quantitative estimate of drug-likeness (QED) is 0.271. The van der Waals surface area contributed by atoms with Crippen LogP contribution in [0.2, 0.25) is 0 Å². The minimum Gasteiger partial charge on any atom is -0.391 e. The molecule has 0 saturated heterocycles. The van der Waals surface area contributed by atoms with Gasteiger partial charge < -0.3 is 20.6 Å². The summed E-state index contributed by atoms with van der Waals surface area (Å²) in [6.07, 6.45) is 1.44. The molecule has 0 rings (SSSR count). The van der Waals surface area contributed by atoms with Crippen LogP contribution in [0.5, 0.6) is 0 Å². The Morgan fingerprint density at radius 2 is 2.12 bits per heavy atom. The summed E-state index contributed by atoms with van der Waals surface area (Å²) in [7, 11) is -4.48. The highest BCUT2D eigenvalue weighted by Crippen LogP contribution is 2.35. The van der Waals surface area contributed by atoms with Gasteiger partial charge in [0.05, 0.1) is 19.0 Å². The molecular weight excluding hydrogens is 235 g/mol. The Bertz CT molecular complexity index is 255. The van der Waals surface area contributed by atoms with Gasteiger partial charge in [-0.3, -0.25) is 9.52 Å². The molecule has 0 saturated carbocycles. The van der Waals surface area contributed by atoms with Crippen molar-refractivity contribution in [2.45, 2.75) is 25.9 Å². The van der Waals surface area contributed by atoms with Crippen LogP contribution in [0.25, 0.3) is 0 Å². The lowest BCUT2D eigenvalue weighted by atomic mass is 10.0. The predicted octanol–water partition coefficient (Wildman–Crippen LogP) is -0.140. The van der Waals surface area contributed by atoms with Crippen LogP contribution in [0.4, 0.5) is 0 Å². The third-order valence-corrected chi connectivity index (χ3v) is 2.44. The SMILES string of the molecule is CC(CC[C@H](O)COP(=O)(O)O)C/N=C\N. The summed E-state index contributed by atoms with van der Waals surface area (Å²) in [5.41, 5.74) is 5.08. The highest BCUT2D eigenvalue weighted by atomic mass is 31.2. The summed E-state index contributed by atoms with van der Waals surface area (Å²) < 4.78 is 14.5. The van der Waals surface area contributed by atoms with Crippen molar-refractivity contribution in [2.75, 3.05) is 13.2 Å². The Morgan fingerprint density at radius 3 is 2.62 bits per heavy atom.